The number of aliphatic hydroxyl groups is 1. The van der Waals surface area contributed by atoms with E-state index in [1.807, 2.05) is 12.1 Å². The highest BCUT2D eigenvalue weighted by atomic mass is 32.2. The number of aryl methyl sites for hydroxylation is 1. The Morgan fingerprint density at radius 2 is 2.15 bits per heavy atom. The number of rotatable bonds is 4. The maximum atomic E-state index is 8.74. The molecule has 0 saturated carbocycles. The number of aliphatic hydroxyl groups excluding tert-OH is 1. The van der Waals surface area contributed by atoms with E-state index in [1.54, 1.807) is 11.8 Å². The third-order valence-electron chi connectivity index (χ3n) is 1.78. The van der Waals surface area contributed by atoms with E-state index in [-0.39, 0.29) is 12.6 Å². The van der Waals surface area contributed by atoms with Gasteiger partial charge in [0.25, 0.3) is 0 Å². The normalized spacial score (nSPS) is 12.8. The summed E-state index contributed by atoms with van der Waals surface area (Å²) in [7, 11) is 0. The number of nitrogens with two attached hydrogens (primary N) is 1. The lowest BCUT2D eigenvalue weighted by Crippen LogP contribution is -2.26. The van der Waals surface area contributed by atoms with Crippen LogP contribution in [0.25, 0.3) is 0 Å². The zero-order valence-corrected chi connectivity index (χ0v) is 8.55. The van der Waals surface area contributed by atoms with Gasteiger partial charge < -0.3 is 10.8 Å². The molecule has 0 amide bonds. The van der Waals surface area contributed by atoms with Crippen molar-refractivity contribution in [3.05, 3.63) is 29.8 Å². The van der Waals surface area contributed by atoms with E-state index in [9.17, 15) is 0 Å². The lowest BCUT2D eigenvalue weighted by Gasteiger charge is -2.08. The molecule has 1 atom stereocenters. The highest BCUT2D eigenvalue weighted by Gasteiger charge is 2.02. The molecule has 0 aliphatic heterocycles. The van der Waals surface area contributed by atoms with Gasteiger partial charge in [-0.2, -0.15) is 0 Å². The number of hydrogen-bond acceptors (Lipinski definition) is 3. The van der Waals surface area contributed by atoms with E-state index in [4.69, 9.17) is 10.8 Å². The van der Waals surface area contributed by atoms with Crippen molar-refractivity contribution in [2.24, 2.45) is 5.73 Å². The van der Waals surface area contributed by atoms with E-state index < -0.39 is 0 Å². The average Bonchev–Trinajstić information content (AvgIpc) is 2.16. The minimum Gasteiger partial charge on any atom is -0.395 e. The molecular weight excluding hydrogens is 182 g/mol. The number of thioether (sulfide) groups is 1. The third kappa shape index (κ3) is 3.38. The zero-order chi connectivity index (χ0) is 9.68. The van der Waals surface area contributed by atoms with E-state index in [0.717, 1.165) is 5.75 Å². The summed E-state index contributed by atoms with van der Waals surface area (Å²) in [6, 6.07) is 8.06. The average molecular weight is 197 g/mol. The summed E-state index contributed by atoms with van der Waals surface area (Å²) in [5.74, 6) is 0.765. The molecule has 0 bridgehead atoms. The molecule has 0 aliphatic carbocycles. The van der Waals surface area contributed by atoms with Crippen LogP contribution in [0.3, 0.4) is 0 Å². The largest absolute Gasteiger partial charge is 0.395 e. The third-order valence-corrected chi connectivity index (χ3v) is 3.14. The summed E-state index contributed by atoms with van der Waals surface area (Å²) in [6.07, 6.45) is 0. The maximum Gasteiger partial charge on any atom is 0.0590 e. The lowest BCUT2D eigenvalue weighted by atomic mass is 10.2. The van der Waals surface area contributed by atoms with Gasteiger partial charge in [0, 0.05) is 16.7 Å². The van der Waals surface area contributed by atoms with Gasteiger partial charge in [0.05, 0.1) is 6.61 Å². The summed E-state index contributed by atoms with van der Waals surface area (Å²) in [4.78, 5) is 1.24. The first-order valence-corrected chi connectivity index (χ1v) is 5.27. The molecule has 0 heterocycles. The molecule has 0 saturated heterocycles. The zero-order valence-electron chi connectivity index (χ0n) is 7.73. The van der Waals surface area contributed by atoms with Gasteiger partial charge >= 0.3 is 0 Å². The summed E-state index contributed by atoms with van der Waals surface area (Å²) >= 11 is 1.69. The minimum atomic E-state index is -0.121. The van der Waals surface area contributed by atoms with Crippen LogP contribution >= 0.6 is 11.8 Å². The molecule has 13 heavy (non-hydrogen) atoms. The van der Waals surface area contributed by atoms with Crippen molar-refractivity contribution in [1.82, 2.24) is 0 Å². The Morgan fingerprint density at radius 3 is 2.77 bits per heavy atom. The van der Waals surface area contributed by atoms with Crippen LogP contribution in [0.5, 0.6) is 0 Å². The molecule has 1 unspecified atom stereocenters. The molecule has 0 aliphatic rings. The van der Waals surface area contributed by atoms with Gasteiger partial charge in [-0.1, -0.05) is 18.2 Å². The molecule has 1 aromatic carbocycles. The topological polar surface area (TPSA) is 46.2 Å². The first kappa shape index (κ1) is 10.6. The van der Waals surface area contributed by atoms with E-state index in [0.29, 0.717) is 0 Å². The Hall–Kier alpha value is -0.510. The first-order valence-electron chi connectivity index (χ1n) is 4.29. The van der Waals surface area contributed by atoms with Crippen molar-refractivity contribution in [3.63, 3.8) is 0 Å². The predicted molar refractivity (Wildman–Crippen MR) is 57.0 cm³/mol. The van der Waals surface area contributed by atoms with Crippen molar-refractivity contribution in [3.8, 4) is 0 Å². The second-order valence-corrected chi connectivity index (χ2v) is 4.08. The fraction of sp³-hybridized carbons (Fsp3) is 0.400. The predicted octanol–water partition coefficient (Wildman–Crippen LogP) is 1.41. The van der Waals surface area contributed by atoms with E-state index in [2.05, 4.69) is 19.1 Å². The first-order chi connectivity index (χ1) is 6.24. The molecule has 3 N–H and O–H groups in total. The SMILES string of the molecule is Cc1ccccc1SCC(N)CO. The van der Waals surface area contributed by atoms with Crippen LogP contribution in [-0.2, 0) is 0 Å². The molecule has 3 heteroatoms. The quantitative estimate of drug-likeness (QED) is 0.717. The van der Waals surface area contributed by atoms with Crippen LogP contribution < -0.4 is 5.73 Å². The van der Waals surface area contributed by atoms with Gasteiger partial charge in [-0.15, -0.1) is 11.8 Å². The van der Waals surface area contributed by atoms with Crippen LogP contribution in [0.2, 0.25) is 0 Å². The van der Waals surface area contributed by atoms with Crippen molar-refractivity contribution in [2.45, 2.75) is 17.9 Å². The minimum absolute atomic E-state index is 0.0544. The van der Waals surface area contributed by atoms with Gasteiger partial charge in [-0.05, 0) is 18.6 Å². The summed E-state index contributed by atoms with van der Waals surface area (Å²) in [5, 5.41) is 8.74. The molecular formula is C10H15NOS. The number of benzene rings is 1. The van der Waals surface area contributed by atoms with Gasteiger partial charge in [-0.25, -0.2) is 0 Å². The molecule has 0 fully saturated rings. The van der Waals surface area contributed by atoms with Crippen LogP contribution in [0.1, 0.15) is 5.56 Å². The van der Waals surface area contributed by atoms with Crippen LogP contribution in [0, 0.1) is 6.92 Å². The van der Waals surface area contributed by atoms with Crippen LogP contribution in [0.15, 0.2) is 29.2 Å². The lowest BCUT2D eigenvalue weighted by molar-refractivity contribution is 0.275. The Morgan fingerprint density at radius 1 is 1.46 bits per heavy atom. The van der Waals surface area contributed by atoms with Crippen LogP contribution in [0.4, 0.5) is 0 Å². The molecule has 0 radical (unpaired) electrons. The Kier molecular flexibility index (Phi) is 4.28. The molecule has 1 rings (SSSR count). The van der Waals surface area contributed by atoms with Crippen molar-refractivity contribution < 1.29 is 5.11 Å². The summed E-state index contributed by atoms with van der Waals surface area (Å²) < 4.78 is 0. The molecule has 0 aromatic heterocycles. The second-order valence-electron chi connectivity index (χ2n) is 3.02. The Balaban J connectivity index is 2.50. The fourth-order valence-corrected chi connectivity index (χ4v) is 1.94. The summed E-state index contributed by atoms with van der Waals surface area (Å²) in [5.41, 5.74) is 6.86. The van der Waals surface area contributed by atoms with Crippen LogP contribution in [-0.4, -0.2) is 23.5 Å². The summed E-state index contributed by atoms with van der Waals surface area (Å²) in [6.45, 7) is 2.13. The standard InChI is InChI=1S/C10H15NOS/c1-8-4-2-3-5-10(8)13-7-9(11)6-12/h2-5,9,12H,6-7,11H2,1H3. The Labute approximate surface area is 83.1 Å². The molecule has 1 aromatic rings. The highest BCUT2D eigenvalue weighted by molar-refractivity contribution is 7.99. The number of hydrogen-bond donors (Lipinski definition) is 2. The van der Waals surface area contributed by atoms with Gasteiger partial charge in [0.15, 0.2) is 0 Å². The van der Waals surface area contributed by atoms with Gasteiger partial charge in [0.2, 0.25) is 0 Å². The monoisotopic (exact) mass is 197 g/mol. The fourth-order valence-electron chi connectivity index (χ4n) is 0.968. The smallest absolute Gasteiger partial charge is 0.0590 e. The van der Waals surface area contributed by atoms with Gasteiger partial charge in [0.1, 0.15) is 0 Å². The van der Waals surface area contributed by atoms with Crippen molar-refractivity contribution in [2.75, 3.05) is 12.4 Å². The van der Waals surface area contributed by atoms with E-state index in [1.165, 1.54) is 10.5 Å². The van der Waals surface area contributed by atoms with Gasteiger partial charge in [-0.3, -0.25) is 0 Å². The van der Waals surface area contributed by atoms with E-state index >= 15 is 0 Å². The highest BCUT2D eigenvalue weighted by Crippen LogP contribution is 2.21. The Bertz CT molecular complexity index is 265. The molecule has 2 nitrogen and oxygen atoms in total. The van der Waals surface area contributed by atoms with Crippen molar-refractivity contribution in [1.29, 1.82) is 0 Å². The molecule has 0 spiro atoms. The second kappa shape index (κ2) is 5.27. The van der Waals surface area contributed by atoms with Crippen molar-refractivity contribution >= 4 is 11.8 Å². The maximum absolute atomic E-state index is 8.74. The molecule has 72 valence electrons.